The van der Waals surface area contributed by atoms with Crippen molar-refractivity contribution in [1.82, 2.24) is 4.98 Å². The van der Waals surface area contributed by atoms with Crippen LogP contribution in [0, 0.1) is 0 Å². The smallest absolute Gasteiger partial charge is 0.214 e. The number of methoxy groups -OCH3 is 1. The van der Waals surface area contributed by atoms with E-state index in [-0.39, 0.29) is 6.61 Å². The molecule has 0 aromatic carbocycles. The zero-order valence-corrected chi connectivity index (χ0v) is 7.63. The summed E-state index contributed by atoms with van der Waals surface area (Å²) in [4.78, 5) is 3.92. The van der Waals surface area contributed by atoms with Gasteiger partial charge < -0.3 is 9.84 Å². The van der Waals surface area contributed by atoms with Gasteiger partial charge in [0.2, 0.25) is 5.88 Å². The number of halogens is 1. The molecule has 1 heterocycles. The summed E-state index contributed by atoms with van der Waals surface area (Å²) in [5.41, 5.74) is 0.755. The van der Waals surface area contributed by atoms with E-state index in [1.807, 2.05) is 0 Å². The van der Waals surface area contributed by atoms with Crippen molar-refractivity contribution < 1.29 is 9.84 Å². The third kappa shape index (κ3) is 1.91. The van der Waals surface area contributed by atoms with Crippen LogP contribution in [0.15, 0.2) is 16.7 Å². The van der Waals surface area contributed by atoms with Gasteiger partial charge in [0, 0.05) is 22.3 Å². The minimum atomic E-state index is -0.0163. The van der Waals surface area contributed by atoms with Gasteiger partial charge in [-0.15, -0.1) is 0 Å². The van der Waals surface area contributed by atoms with Crippen LogP contribution in [-0.2, 0) is 6.61 Å². The van der Waals surface area contributed by atoms with Gasteiger partial charge in [-0.2, -0.15) is 0 Å². The zero-order valence-electron chi connectivity index (χ0n) is 6.04. The van der Waals surface area contributed by atoms with E-state index in [1.165, 1.54) is 0 Å². The van der Waals surface area contributed by atoms with Gasteiger partial charge in [0.05, 0.1) is 13.7 Å². The van der Waals surface area contributed by atoms with E-state index < -0.39 is 0 Å². The van der Waals surface area contributed by atoms with Crippen LogP contribution < -0.4 is 4.74 Å². The zero-order chi connectivity index (χ0) is 8.27. The van der Waals surface area contributed by atoms with Gasteiger partial charge in [0.25, 0.3) is 0 Å². The van der Waals surface area contributed by atoms with E-state index in [9.17, 15) is 0 Å². The molecule has 60 valence electrons. The van der Waals surface area contributed by atoms with Crippen LogP contribution in [0.2, 0.25) is 0 Å². The summed E-state index contributed by atoms with van der Waals surface area (Å²) in [6.07, 6.45) is 1.57. The Kier molecular flexibility index (Phi) is 2.84. The normalized spacial score (nSPS) is 9.73. The van der Waals surface area contributed by atoms with Gasteiger partial charge in [0.1, 0.15) is 0 Å². The van der Waals surface area contributed by atoms with Crippen molar-refractivity contribution in [2.24, 2.45) is 0 Å². The molecule has 1 N–H and O–H groups in total. The number of aromatic nitrogens is 1. The molecule has 0 saturated heterocycles. The Bertz CT molecular complexity index is 252. The Balaban J connectivity index is 2.99. The maximum atomic E-state index is 8.77. The van der Waals surface area contributed by atoms with Crippen molar-refractivity contribution in [2.75, 3.05) is 7.11 Å². The summed E-state index contributed by atoms with van der Waals surface area (Å²) >= 11 is 3.27. The van der Waals surface area contributed by atoms with Crippen molar-refractivity contribution >= 4 is 15.9 Å². The molecule has 0 aliphatic heterocycles. The number of hydrogen-bond acceptors (Lipinski definition) is 3. The van der Waals surface area contributed by atoms with E-state index in [0.717, 1.165) is 10.0 Å². The highest BCUT2D eigenvalue weighted by atomic mass is 79.9. The Labute approximate surface area is 73.2 Å². The fraction of sp³-hybridized carbons (Fsp3) is 0.286. The molecule has 1 aromatic heterocycles. The Hall–Kier alpha value is -0.610. The summed E-state index contributed by atoms with van der Waals surface area (Å²) in [5, 5.41) is 8.77. The highest BCUT2D eigenvalue weighted by Gasteiger charge is 2.00. The molecule has 0 unspecified atom stereocenters. The van der Waals surface area contributed by atoms with Crippen LogP contribution in [0.5, 0.6) is 5.88 Å². The third-order valence-corrected chi connectivity index (χ3v) is 2.02. The number of rotatable bonds is 2. The van der Waals surface area contributed by atoms with E-state index >= 15 is 0 Å². The van der Waals surface area contributed by atoms with E-state index in [1.54, 1.807) is 19.4 Å². The number of ether oxygens (including phenoxy) is 1. The maximum Gasteiger partial charge on any atom is 0.214 e. The highest BCUT2D eigenvalue weighted by Crippen LogP contribution is 2.19. The predicted octanol–water partition coefficient (Wildman–Crippen LogP) is 1.34. The Morgan fingerprint density at radius 2 is 2.45 bits per heavy atom. The molecule has 0 radical (unpaired) electrons. The van der Waals surface area contributed by atoms with E-state index in [4.69, 9.17) is 9.84 Å². The molecule has 0 bridgehead atoms. The van der Waals surface area contributed by atoms with Gasteiger partial charge in [0.15, 0.2) is 0 Å². The van der Waals surface area contributed by atoms with Crippen molar-refractivity contribution in [3.05, 3.63) is 22.3 Å². The lowest BCUT2D eigenvalue weighted by Gasteiger charge is -2.01. The van der Waals surface area contributed by atoms with Crippen LogP contribution in [0.25, 0.3) is 0 Å². The number of aliphatic hydroxyl groups excluding tert-OH is 1. The summed E-state index contributed by atoms with van der Waals surface area (Å²) in [6.45, 7) is -0.0163. The topological polar surface area (TPSA) is 42.4 Å². The molecular weight excluding hydrogens is 210 g/mol. The first-order valence-electron chi connectivity index (χ1n) is 3.07. The summed E-state index contributed by atoms with van der Waals surface area (Å²) < 4.78 is 5.68. The molecule has 0 spiro atoms. The van der Waals surface area contributed by atoms with Gasteiger partial charge >= 0.3 is 0 Å². The number of hydrogen-bond donors (Lipinski definition) is 1. The van der Waals surface area contributed by atoms with Crippen LogP contribution in [0.4, 0.5) is 0 Å². The maximum absolute atomic E-state index is 8.77. The lowest BCUT2D eigenvalue weighted by atomic mass is 10.3. The Morgan fingerprint density at radius 3 is 2.91 bits per heavy atom. The summed E-state index contributed by atoms with van der Waals surface area (Å²) in [7, 11) is 1.55. The third-order valence-electron chi connectivity index (χ3n) is 1.28. The van der Waals surface area contributed by atoms with Gasteiger partial charge in [-0.1, -0.05) is 15.9 Å². The number of nitrogens with zero attached hydrogens (tertiary/aromatic N) is 1. The molecule has 0 saturated carbocycles. The van der Waals surface area contributed by atoms with E-state index in [0.29, 0.717) is 5.88 Å². The molecule has 1 aromatic rings. The molecule has 0 aliphatic carbocycles. The number of pyridine rings is 1. The minimum absolute atomic E-state index is 0.0163. The lowest BCUT2D eigenvalue weighted by Crippen LogP contribution is -1.91. The highest BCUT2D eigenvalue weighted by molar-refractivity contribution is 9.10. The number of aliphatic hydroxyl groups is 1. The fourth-order valence-electron chi connectivity index (χ4n) is 0.670. The average Bonchev–Trinajstić information content (AvgIpc) is 2.04. The molecule has 4 heteroatoms. The first kappa shape index (κ1) is 8.49. The summed E-state index contributed by atoms with van der Waals surface area (Å²) in [5.74, 6) is 0.536. The van der Waals surface area contributed by atoms with Crippen molar-refractivity contribution in [2.45, 2.75) is 6.61 Å². The van der Waals surface area contributed by atoms with Crippen LogP contribution in [-0.4, -0.2) is 17.2 Å². The SMILES string of the molecule is COc1cc(Br)c(CO)cn1. The second kappa shape index (κ2) is 3.69. The first-order chi connectivity index (χ1) is 5.27. The molecule has 11 heavy (non-hydrogen) atoms. The fourth-order valence-corrected chi connectivity index (χ4v) is 1.09. The van der Waals surface area contributed by atoms with Crippen LogP contribution in [0.1, 0.15) is 5.56 Å². The van der Waals surface area contributed by atoms with Crippen LogP contribution in [0.3, 0.4) is 0 Å². The molecule has 0 aliphatic rings. The molecule has 0 atom stereocenters. The standard InChI is InChI=1S/C7H8BrNO2/c1-11-7-2-6(8)5(4-10)3-9-7/h2-3,10H,4H2,1H3. The quantitative estimate of drug-likeness (QED) is 0.814. The minimum Gasteiger partial charge on any atom is -0.481 e. The van der Waals surface area contributed by atoms with Crippen LogP contribution >= 0.6 is 15.9 Å². The van der Waals surface area contributed by atoms with Crippen molar-refractivity contribution in [3.8, 4) is 5.88 Å². The molecule has 0 fully saturated rings. The van der Waals surface area contributed by atoms with Crippen molar-refractivity contribution in [3.63, 3.8) is 0 Å². The molecular formula is C7H8BrNO2. The lowest BCUT2D eigenvalue weighted by molar-refractivity contribution is 0.280. The first-order valence-corrected chi connectivity index (χ1v) is 3.86. The second-order valence-electron chi connectivity index (χ2n) is 1.98. The molecule has 0 amide bonds. The Morgan fingerprint density at radius 1 is 1.73 bits per heavy atom. The van der Waals surface area contributed by atoms with Crippen molar-refractivity contribution in [1.29, 1.82) is 0 Å². The largest absolute Gasteiger partial charge is 0.481 e. The average molecular weight is 218 g/mol. The van der Waals surface area contributed by atoms with Gasteiger partial charge in [-0.25, -0.2) is 4.98 Å². The van der Waals surface area contributed by atoms with E-state index in [2.05, 4.69) is 20.9 Å². The predicted molar refractivity (Wildman–Crippen MR) is 44.4 cm³/mol. The van der Waals surface area contributed by atoms with Gasteiger partial charge in [-0.05, 0) is 0 Å². The molecule has 3 nitrogen and oxygen atoms in total. The van der Waals surface area contributed by atoms with Gasteiger partial charge in [-0.3, -0.25) is 0 Å². The second-order valence-corrected chi connectivity index (χ2v) is 2.83. The monoisotopic (exact) mass is 217 g/mol. The molecule has 1 rings (SSSR count). The summed E-state index contributed by atoms with van der Waals surface area (Å²) in [6, 6.07) is 1.71.